The van der Waals surface area contributed by atoms with Gasteiger partial charge < -0.3 is 5.11 Å². The molecule has 2 aromatic rings. The summed E-state index contributed by atoms with van der Waals surface area (Å²) in [6.07, 6.45) is 2.41. The van der Waals surface area contributed by atoms with Crippen LogP contribution in [0.3, 0.4) is 0 Å². The summed E-state index contributed by atoms with van der Waals surface area (Å²) in [6, 6.07) is 8.62. The average Bonchev–Trinajstić information content (AvgIpc) is 2.78. The second-order valence-electron chi connectivity index (χ2n) is 2.97. The number of rotatable bonds is 3. The third-order valence-electron chi connectivity index (χ3n) is 1.95. The van der Waals surface area contributed by atoms with Crippen LogP contribution in [-0.4, -0.2) is 24.2 Å². The Bertz CT molecular complexity index is 536. The first-order valence-electron chi connectivity index (χ1n) is 4.43. The molecule has 1 aromatic heterocycles. The highest BCUT2D eigenvalue weighted by Gasteiger charge is 2.15. The minimum atomic E-state index is -1.57. The molecule has 0 saturated heterocycles. The molecule has 0 fully saturated rings. The lowest BCUT2D eigenvalue weighted by atomic mass is 10.4. The molecule has 82 valence electrons. The molecule has 1 heterocycles. The lowest BCUT2D eigenvalue weighted by molar-refractivity contribution is 0.0689. The van der Waals surface area contributed by atoms with Crippen molar-refractivity contribution in [2.45, 2.75) is 4.90 Å². The molecule has 1 N–H and O–H groups in total. The highest BCUT2D eigenvalue weighted by atomic mass is 32.2. The summed E-state index contributed by atoms with van der Waals surface area (Å²) in [6.45, 7) is 0. The minimum absolute atomic E-state index is 0.0952. The van der Waals surface area contributed by atoms with Gasteiger partial charge in [0.2, 0.25) is 0 Å². The first-order chi connectivity index (χ1) is 7.70. The molecule has 0 bridgehead atoms. The van der Waals surface area contributed by atoms with Crippen molar-refractivity contribution in [2.75, 3.05) is 0 Å². The highest BCUT2D eigenvalue weighted by molar-refractivity contribution is 7.83. The Labute approximate surface area is 94.0 Å². The van der Waals surface area contributed by atoms with E-state index in [1.165, 1.54) is 12.5 Å². The third-order valence-corrected chi connectivity index (χ3v) is 3.27. The van der Waals surface area contributed by atoms with Gasteiger partial charge in [0.05, 0.1) is 11.1 Å². The quantitative estimate of drug-likeness (QED) is 0.867. The second kappa shape index (κ2) is 4.28. The lowest BCUT2D eigenvalue weighted by Crippen LogP contribution is -2.11. The van der Waals surface area contributed by atoms with Gasteiger partial charge in [-0.25, -0.2) is 18.0 Å². The fourth-order valence-electron chi connectivity index (χ4n) is 1.22. The molecule has 1 unspecified atom stereocenters. The molecule has 6 heteroatoms. The van der Waals surface area contributed by atoms with Gasteiger partial charge in [0.25, 0.3) is 0 Å². The molecule has 1 atom stereocenters. The Morgan fingerprint density at radius 3 is 2.62 bits per heavy atom. The van der Waals surface area contributed by atoms with E-state index in [0.29, 0.717) is 4.90 Å². The summed E-state index contributed by atoms with van der Waals surface area (Å²) in [4.78, 5) is 15.0. The van der Waals surface area contributed by atoms with Crippen LogP contribution in [-0.2, 0) is 11.0 Å². The van der Waals surface area contributed by atoms with Crippen molar-refractivity contribution in [3.05, 3.63) is 48.5 Å². The summed E-state index contributed by atoms with van der Waals surface area (Å²) in [5, 5.41) is 8.86. The van der Waals surface area contributed by atoms with E-state index in [-0.39, 0.29) is 5.69 Å². The van der Waals surface area contributed by atoms with Crippen LogP contribution < -0.4 is 0 Å². The SMILES string of the molecule is O=C(O)c1cncn1S(=O)c1ccccc1. The van der Waals surface area contributed by atoms with Crippen molar-refractivity contribution < 1.29 is 14.1 Å². The summed E-state index contributed by atoms with van der Waals surface area (Å²) < 4.78 is 13.1. The zero-order valence-electron chi connectivity index (χ0n) is 8.11. The Morgan fingerprint density at radius 2 is 2.00 bits per heavy atom. The van der Waals surface area contributed by atoms with Crippen LogP contribution in [0.15, 0.2) is 47.8 Å². The van der Waals surface area contributed by atoms with Gasteiger partial charge in [-0.15, -0.1) is 0 Å². The van der Waals surface area contributed by atoms with Gasteiger partial charge in [-0.3, -0.25) is 0 Å². The van der Waals surface area contributed by atoms with E-state index in [9.17, 15) is 9.00 Å². The zero-order valence-corrected chi connectivity index (χ0v) is 8.92. The minimum Gasteiger partial charge on any atom is -0.476 e. The number of aromatic nitrogens is 2. The van der Waals surface area contributed by atoms with E-state index in [2.05, 4.69) is 4.98 Å². The molecule has 0 amide bonds. The van der Waals surface area contributed by atoms with Gasteiger partial charge in [-0.05, 0) is 12.1 Å². The summed E-state index contributed by atoms with van der Waals surface area (Å²) >= 11 is 0. The normalized spacial score (nSPS) is 12.2. The van der Waals surface area contributed by atoms with E-state index in [1.54, 1.807) is 30.3 Å². The van der Waals surface area contributed by atoms with Crippen LogP contribution in [0.4, 0.5) is 0 Å². The first-order valence-corrected chi connectivity index (χ1v) is 5.54. The molecule has 2 rings (SSSR count). The molecular formula is C10H8N2O3S. The fraction of sp³-hybridized carbons (Fsp3) is 0. The largest absolute Gasteiger partial charge is 0.476 e. The maximum atomic E-state index is 12.0. The number of carboxylic acid groups (broad SMARTS) is 1. The molecule has 0 radical (unpaired) electrons. The molecule has 0 aliphatic rings. The smallest absolute Gasteiger partial charge is 0.355 e. The Kier molecular flexibility index (Phi) is 2.82. The number of hydrogen-bond donors (Lipinski definition) is 1. The molecular weight excluding hydrogens is 228 g/mol. The van der Waals surface area contributed by atoms with E-state index < -0.39 is 17.0 Å². The zero-order chi connectivity index (χ0) is 11.5. The van der Waals surface area contributed by atoms with Gasteiger partial charge in [-0.2, -0.15) is 0 Å². The first kappa shape index (κ1) is 10.6. The van der Waals surface area contributed by atoms with Crippen LogP contribution >= 0.6 is 0 Å². The van der Waals surface area contributed by atoms with Crippen LogP contribution in [0.2, 0.25) is 0 Å². The number of carboxylic acids is 1. The van der Waals surface area contributed by atoms with Crippen LogP contribution in [0.25, 0.3) is 0 Å². The second-order valence-corrected chi connectivity index (χ2v) is 4.34. The Balaban J connectivity index is 2.42. The van der Waals surface area contributed by atoms with E-state index in [4.69, 9.17) is 5.11 Å². The fourth-order valence-corrected chi connectivity index (χ4v) is 2.28. The van der Waals surface area contributed by atoms with E-state index >= 15 is 0 Å². The monoisotopic (exact) mass is 236 g/mol. The summed E-state index contributed by atoms with van der Waals surface area (Å²) in [5.41, 5.74) is -0.0952. The molecule has 16 heavy (non-hydrogen) atoms. The van der Waals surface area contributed by atoms with Crippen molar-refractivity contribution in [1.82, 2.24) is 8.96 Å². The van der Waals surface area contributed by atoms with E-state index in [1.807, 2.05) is 0 Å². The van der Waals surface area contributed by atoms with Crippen molar-refractivity contribution >= 4 is 17.0 Å². The number of imidazole rings is 1. The Morgan fingerprint density at radius 1 is 1.31 bits per heavy atom. The lowest BCUT2D eigenvalue weighted by Gasteiger charge is -2.04. The number of hydrogen-bond acceptors (Lipinski definition) is 3. The molecule has 0 saturated carbocycles. The van der Waals surface area contributed by atoms with E-state index in [0.717, 1.165) is 3.97 Å². The summed E-state index contributed by atoms with van der Waals surface area (Å²) in [7, 11) is -1.57. The average molecular weight is 236 g/mol. The molecule has 0 aliphatic heterocycles. The van der Waals surface area contributed by atoms with Gasteiger partial charge in [0, 0.05) is 0 Å². The third kappa shape index (κ3) is 1.87. The molecule has 0 spiro atoms. The Hall–Kier alpha value is -1.95. The van der Waals surface area contributed by atoms with Crippen LogP contribution in [0.1, 0.15) is 10.5 Å². The van der Waals surface area contributed by atoms with Crippen molar-refractivity contribution in [2.24, 2.45) is 0 Å². The molecule has 1 aromatic carbocycles. The molecule has 5 nitrogen and oxygen atoms in total. The van der Waals surface area contributed by atoms with Gasteiger partial charge >= 0.3 is 5.97 Å². The van der Waals surface area contributed by atoms with Crippen molar-refractivity contribution in [3.63, 3.8) is 0 Å². The number of carbonyl (C=O) groups is 1. The standard InChI is InChI=1S/C10H8N2O3S/c13-10(14)9-6-11-7-12(9)16(15)8-4-2-1-3-5-8/h1-7H,(H,13,14). The number of benzene rings is 1. The predicted molar refractivity (Wildman–Crippen MR) is 57.4 cm³/mol. The maximum absolute atomic E-state index is 12.0. The highest BCUT2D eigenvalue weighted by Crippen LogP contribution is 2.10. The number of aromatic carboxylic acids is 1. The molecule has 0 aliphatic carbocycles. The van der Waals surface area contributed by atoms with Gasteiger partial charge in [-0.1, -0.05) is 18.2 Å². The number of nitrogens with zero attached hydrogens (tertiary/aromatic N) is 2. The topological polar surface area (TPSA) is 72.2 Å². The maximum Gasteiger partial charge on any atom is 0.355 e. The van der Waals surface area contributed by atoms with Crippen molar-refractivity contribution in [1.29, 1.82) is 0 Å². The van der Waals surface area contributed by atoms with Gasteiger partial charge in [0.15, 0.2) is 16.7 Å². The van der Waals surface area contributed by atoms with Crippen molar-refractivity contribution in [3.8, 4) is 0 Å². The predicted octanol–water partition coefficient (Wildman–Crippen LogP) is 1.15. The summed E-state index contributed by atoms with van der Waals surface area (Å²) in [5.74, 6) is -1.15. The van der Waals surface area contributed by atoms with Gasteiger partial charge in [0.1, 0.15) is 6.33 Å². The van der Waals surface area contributed by atoms with Crippen LogP contribution in [0, 0.1) is 0 Å². The van der Waals surface area contributed by atoms with Crippen LogP contribution in [0.5, 0.6) is 0 Å².